The van der Waals surface area contributed by atoms with Crippen molar-refractivity contribution in [3.63, 3.8) is 0 Å². The van der Waals surface area contributed by atoms with Crippen LogP contribution in [0.1, 0.15) is 13.8 Å². The normalized spacial score (nSPS) is 12.2. The zero-order chi connectivity index (χ0) is 12.8. The highest BCUT2D eigenvalue weighted by atomic mass is 32.1. The second-order valence-electron chi connectivity index (χ2n) is 3.82. The minimum absolute atomic E-state index is 0.0313. The molecule has 1 aromatic heterocycles. The molecule has 0 aromatic carbocycles. The first-order valence-corrected chi connectivity index (χ1v) is 5.88. The molecule has 0 saturated carbocycles. The number of nitrogens with zero attached hydrogens (tertiary/aromatic N) is 2. The third kappa shape index (κ3) is 4.45. The monoisotopic (exact) mass is 257 g/mol. The number of rotatable bonds is 5. The summed E-state index contributed by atoms with van der Waals surface area (Å²) in [5, 5.41) is 9.12. The Morgan fingerprint density at radius 3 is 2.76 bits per heavy atom. The Labute approximate surface area is 103 Å². The van der Waals surface area contributed by atoms with E-state index in [1.54, 1.807) is 0 Å². The van der Waals surface area contributed by atoms with Crippen LogP contribution in [0.5, 0.6) is 0 Å². The van der Waals surface area contributed by atoms with Crippen molar-refractivity contribution in [1.29, 1.82) is 0 Å². The summed E-state index contributed by atoms with van der Waals surface area (Å²) in [5.74, 6) is -0.637. The summed E-state index contributed by atoms with van der Waals surface area (Å²) >= 11 is 1.07. The van der Waals surface area contributed by atoms with Crippen molar-refractivity contribution in [2.45, 2.75) is 19.9 Å². The fourth-order valence-corrected chi connectivity index (χ4v) is 1.43. The summed E-state index contributed by atoms with van der Waals surface area (Å²) in [6, 6.07) is -0.604. The number of hydrogen-bond acceptors (Lipinski definition) is 6. The molecule has 1 atom stereocenters. The van der Waals surface area contributed by atoms with Gasteiger partial charge in [-0.05, 0) is 5.92 Å². The maximum absolute atomic E-state index is 11.5. The van der Waals surface area contributed by atoms with Crippen molar-refractivity contribution in [3.8, 4) is 0 Å². The molecule has 0 aliphatic carbocycles. The number of carbonyl (C=O) groups is 2. The summed E-state index contributed by atoms with van der Waals surface area (Å²) < 4.78 is 3.59. The van der Waals surface area contributed by atoms with E-state index in [9.17, 15) is 9.59 Å². The highest BCUT2D eigenvalue weighted by Crippen LogP contribution is 2.08. The van der Waals surface area contributed by atoms with Crippen molar-refractivity contribution in [2.75, 3.05) is 11.9 Å². The predicted molar refractivity (Wildman–Crippen MR) is 64.4 cm³/mol. The fourth-order valence-electron chi connectivity index (χ4n) is 0.992. The van der Waals surface area contributed by atoms with E-state index < -0.39 is 6.04 Å². The third-order valence-electron chi connectivity index (χ3n) is 2.07. The number of aromatic nitrogens is 2. The van der Waals surface area contributed by atoms with Gasteiger partial charge in [0.05, 0.1) is 18.8 Å². The third-order valence-corrected chi connectivity index (χ3v) is 2.65. The van der Waals surface area contributed by atoms with Gasteiger partial charge in [-0.1, -0.05) is 18.3 Å². The first-order valence-electron chi connectivity index (χ1n) is 5.11. The van der Waals surface area contributed by atoms with Gasteiger partial charge < -0.3 is 16.4 Å². The molecule has 1 rings (SSSR count). The maximum atomic E-state index is 11.5. The smallest absolute Gasteiger partial charge is 0.244 e. The van der Waals surface area contributed by atoms with Crippen LogP contribution in [0.2, 0.25) is 0 Å². The summed E-state index contributed by atoms with van der Waals surface area (Å²) in [5.41, 5.74) is 5.62. The number of carbonyl (C=O) groups excluding carboxylic acids is 2. The molecule has 4 N–H and O–H groups in total. The van der Waals surface area contributed by atoms with Crippen molar-refractivity contribution >= 4 is 28.3 Å². The highest BCUT2D eigenvalue weighted by Gasteiger charge is 2.17. The van der Waals surface area contributed by atoms with Gasteiger partial charge in [-0.3, -0.25) is 9.59 Å². The summed E-state index contributed by atoms with van der Waals surface area (Å²) in [6.07, 6.45) is 1.43. The Hall–Kier alpha value is -1.54. The molecule has 0 aliphatic heterocycles. The van der Waals surface area contributed by atoms with E-state index in [0.29, 0.717) is 5.00 Å². The Kier molecular flexibility index (Phi) is 4.98. The first kappa shape index (κ1) is 13.5. The molecular weight excluding hydrogens is 242 g/mol. The summed E-state index contributed by atoms with van der Waals surface area (Å²) in [6.45, 7) is 3.57. The van der Waals surface area contributed by atoms with Gasteiger partial charge >= 0.3 is 0 Å². The van der Waals surface area contributed by atoms with Crippen LogP contribution in [0.4, 0.5) is 5.00 Å². The van der Waals surface area contributed by atoms with Crippen molar-refractivity contribution in [1.82, 2.24) is 14.9 Å². The van der Waals surface area contributed by atoms with Crippen molar-refractivity contribution < 1.29 is 9.59 Å². The van der Waals surface area contributed by atoms with Gasteiger partial charge in [-0.15, -0.1) is 5.10 Å². The van der Waals surface area contributed by atoms with Gasteiger partial charge in [0.1, 0.15) is 5.00 Å². The molecule has 2 amide bonds. The maximum Gasteiger partial charge on any atom is 0.244 e. The molecule has 0 spiro atoms. The van der Waals surface area contributed by atoms with E-state index >= 15 is 0 Å². The topological polar surface area (TPSA) is 110 Å². The number of nitrogens with one attached hydrogen (secondary N) is 2. The number of amides is 2. The van der Waals surface area contributed by atoms with Gasteiger partial charge in [-0.25, -0.2) is 0 Å². The lowest BCUT2D eigenvalue weighted by atomic mass is 10.1. The van der Waals surface area contributed by atoms with Crippen molar-refractivity contribution in [2.24, 2.45) is 11.7 Å². The minimum atomic E-state index is -0.604. The SMILES string of the molecule is CC(C)[C@H](N)C(=O)NCC(=O)Nc1cnns1. The molecule has 94 valence electrons. The van der Waals surface area contributed by atoms with Crippen LogP contribution in [0, 0.1) is 5.92 Å². The fraction of sp³-hybridized carbons (Fsp3) is 0.556. The highest BCUT2D eigenvalue weighted by molar-refractivity contribution is 7.10. The van der Waals surface area contributed by atoms with Gasteiger partial charge in [0.15, 0.2) is 0 Å². The summed E-state index contributed by atoms with van der Waals surface area (Å²) in [4.78, 5) is 22.8. The Balaban J connectivity index is 2.31. The van der Waals surface area contributed by atoms with E-state index in [0.717, 1.165) is 11.5 Å². The Bertz CT molecular complexity index is 379. The van der Waals surface area contributed by atoms with Crippen LogP contribution in [-0.2, 0) is 9.59 Å². The van der Waals surface area contributed by atoms with Gasteiger partial charge in [-0.2, -0.15) is 0 Å². The average Bonchev–Trinajstić information content (AvgIpc) is 2.77. The number of anilines is 1. The second kappa shape index (κ2) is 6.26. The zero-order valence-electron chi connectivity index (χ0n) is 9.64. The minimum Gasteiger partial charge on any atom is -0.346 e. The van der Waals surface area contributed by atoms with E-state index in [1.807, 2.05) is 13.8 Å². The van der Waals surface area contributed by atoms with E-state index in [2.05, 4.69) is 20.2 Å². The molecule has 0 bridgehead atoms. The van der Waals surface area contributed by atoms with E-state index in [1.165, 1.54) is 6.20 Å². The Morgan fingerprint density at radius 2 is 2.24 bits per heavy atom. The van der Waals surface area contributed by atoms with Crippen molar-refractivity contribution in [3.05, 3.63) is 6.20 Å². The molecule has 0 radical (unpaired) electrons. The predicted octanol–water partition coefficient (Wildman–Crippen LogP) is -0.424. The lowest BCUT2D eigenvalue weighted by molar-refractivity contribution is -0.125. The number of hydrogen-bond donors (Lipinski definition) is 3. The Morgan fingerprint density at radius 1 is 1.53 bits per heavy atom. The van der Waals surface area contributed by atoms with Crippen LogP contribution < -0.4 is 16.4 Å². The molecule has 0 aliphatic rings. The van der Waals surface area contributed by atoms with Crippen LogP contribution >= 0.6 is 11.5 Å². The van der Waals surface area contributed by atoms with Gasteiger partial charge in [0.2, 0.25) is 11.8 Å². The quantitative estimate of drug-likeness (QED) is 0.663. The molecule has 7 nitrogen and oxygen atoms in total. The molecule has 1 aromatic rings. The van der Waals surface area contributed by atoms with Crippen LogP contribution in [-0.4, -0.2) is 34.0 Å². The standard InChI is InChI=1S/C9H15N5O2S/c1-5(2)8(10)9(16)11-3-6(15)13-7-4-12-14-17-7/h4-5,8H,3,10H2,1-2H3,(H,11,16)(H,13,15)/t8-/m0/s1. The van der Waals surface area contributed by atoms with Crippen LogP contribution in [0.25, 0.3) is 0 Å². The first-order chi connectivity index (χ1) is 8.00. The lowest BCUT2D eigenvalue weighted by Crippen LogP contribution is -2.46. The van der Waals surface area contributed by atoms with Crippen LogP contribution in [0.3, 0.4) is 0 Å². The molecular formula is C9H15N5O2S. The molecule has 0 fully saturated rings. The molecule has 8 heteroatoms. The largest absolute Gasteiger partial charge is 0.346 e. The molecule has 1 heterocycles. The molecule has 0 saturated heterocycles. The zero-order valence-corrected chi connectivity index (χ0v) is 10.5. The summed E-state index contributed by atoms with van der Waals surface area (Å²) in [7, 11) is 0. The lowest BCUT2D eigenvalue weighted by Gasteiger charge is -2.14. The molecule has 0 unspecified atom stereocenters. The second-order valence-corrected chi connectivity index (χ2v) is 4.60. The average molecular weight is 257 g/mol. The molecule has 17 heavy (non-hydrogen) atoms. The van der Waals surface area contributed by atoms with Gasteiger partial charge in [0, 0.05) is 11.5 Å². The van der Waals surface area contributed by atoms with E-state index in [-0.39, 0.29) is 24.3 Å². The van der Waals surface area contributed by atoms with Gasteiger partial charge in [0.25, 0.3) is 0 Å². The van der Waals surface area contributed by atoms with E-state index in [4.69, 9.17) is 5.73 Å². The van der Waals surface area contributed by atoms with Crippen LogP contribution in [0.15, 0.2) is 6.20 Å². The number of nitrogens with two attached hydrogens (primary N) is 1.